The molecule has 1 saturated carbocycles. The summed E-state index contributed by atoms with van der Waals surface area (Å²) in [6.07, 6.45) is 2.37. The van der Waals surface area contributed by atoms with Crippen molar-refractivity contribution >= 4 is 28.9 Å². The molecule has 1 spiro atoms. The van der Waals surface area contributed by atoms with Crippen molar-refractivity contribution in [2.75, 3.05) is 18.4 Å². The maximum absolute atomic E-state index is 13.1. The Morgan fingerprint density at radius 3 is 2.70 bits per heavy atom. The van der Waals surface area contributed by atoms with Crippen molar-refractivity contribution in [3.63, 3.8) is 0 Å². The average Bonchev–Trinajstić information content (AvgIpc) is 3.40. The van der Waals surface area contributed by atoms with Gasteiger partial charge in [0, 0.05) is 18.2 Å². The Kier molecular flexibility index (Phi) is 5.38. The van der Waals surface area contributed by atoms with Crippen LogP contribution in [0, 0.1) is 5.92 Å². The van der Waals surface area contributed by atoms with Crippen LogP contribution < -0.4 is 10.1 Å². The zero-order valence-electron chi connectivity index (χ0n) is 20.7. The van der Waals surface area contributed by atoms with E-state index in [1.54, 1.807) is 18.4 Å². The number of thiophene rings is 1. The van der Waals surface area contributed by atoms with E-state index in [-0.39, 0.29) is 39.4 Å². The van der Waals surface area contributed by atoms with Crippen molar-refractivity contribution in [2.24, 2.45) is 5.92 Å². The molecule has 1 amide bonds. The van der Waals surface area contributed by atoms with E-state index in [0.29, 0.717) is 30.9 Å². The molecule has 4 aliphatic rings. The summed E-state index contributed by atoms with van der Waals surface area (Å²) >= 11 is 0.988. The van der Waals surface area contributed by atoms with Gasteiger partial charge in [0.1, 0.15) is 10.6 Å². The van der Waals surface area contributed by atoms with Crippen LogP contribution in [0.4, 0.5) is 5.69 Å². The summed E-state index contributed by atoms with van der Waals surface area (Å²) in [6, 6.07) is 4.73. The summed E-state index contributed by atoms with van der Waals surface area (Å²) < 4.78 is 6.22. The Bertz CT molecular complexity index is 1340. The van der Waals surface area contributed by atoms with Crippen LogP contribution in [0.3, 0.4) is 0 Å². The Labute approximate surface area is 218 Å². The molecule has 1 aromatic heterocycles. The number of fused-ring (bicyclic) bond motifs is 1. The van der Waals surface area contributed by atoms with E-state index in [0.717, 1.165) is 23.4 Å². The lowest BCUT2D eigenvalue weighted by Crippen LogP contribution is -2.73. The van der Waals surface area contributed by atoms with Gasteiger partial charge in [0.25, 0.3) is 5.91 Å². The van der Waals surface area contributed by atoms with Gasteiger partial charge < -0.3 is 30.5 Å². The minimum atomic E-state index is -1.31. The molecular formula is C27H30N2O7S. The van der Waals surface area contributed by atoms with Gasteiger partial charge in [-0.1, -0.05) is 6.07 Å². The van der Waals surface area contributed by atoms with Gasteiger partial charge in [-0.2, -0.15) is 0 Å². The van der Waals surface area contributed by atoms with E-state index in [1.165, 1.54) is 25.8 Å². The first kappa shape index (κ1) is 24.3. The number of amides is 1. The summed E-state index contributed by atoms with van der Waals surface area (Å²) in [4.78, 5) is 26.9. The number of likely N-dealkylation sites (tertiary alicyclic amines) is 1. The Balaban J connectivity index is 1.41. The quantitative estimate of drug-likeness (QED) is 0.285. The number of carbonyl (C=O) groups is 2. The minimum absolute atomic E-state index is 0.0144. The molecule has 2 aromatic rings. The first-order valence-corrected chi connectivity index (χ1v) is 13.4. The number of benzene rings is 1. The Morgan fingerprint density at radius 1 is 1.24 bits per heavy atom. The maximum Gasteiger partial charge on any atom is 0.348 e. The molecular weight excluding hydrogens is 496 g/mol. The van der Waals surface area contributed by atoms with Gasteiger partial charge in [0.2, 0.25) is 0 Å². The molecule has 2 fully saturated rings. The fourth-order valence-corrected chi connectivity index (χ4v) is 7.36. The third-order valence-corrected chi connectivity index (χ3v) is 9.72. The lowest BCUT2D eigenvalue weighted by atomic mass is 9.53. The zero-order valence-corrected chi connectivity index (χ0v) is 21.5. The molecule has 0 radical (unpaired) electrons. The third-order valence-electron chi connectivity index (χ3n) is 8.82. The first-order valence-electron chi connectivity index (χ1n) is 12.6. The van der Waals surface area contributed by atoms with Gasteiger partial charge >= 0.3 is 5.97 Å². The smallest absolute Gasteiger partial charge is 0.348 e. The number of aromatic hydroxyl groups is 1. The SMILES string of the molecule is C/C(C(=O)Nc1ccsc1C(=O)O)=C(/O)[C@@H]1Oc2c(O)ccc3c2[C@@]12CCN(CC1CC1)[C@H](C3)[C@@]2(C)O. The predicted octanol–water partition coefficient (Wildman–Crippen LogP) is 3.41. The molecule has 0 unspecified atom stereocenters. The van der Waals surface area contributed by atoms with E-state index in [4.69, 9.17) is 4.74 Å². The van der Waals surface area contributed by atoms with Gasteiger partial charge in [-0.3, -0.25) is 9.69 Å². The normalized spacial score (nSPS) is 30.8. The molecule has 1 saturated heterocycles. The number of hydrogen-bond acceptors (Lipinski definition) is 8. The number of nitrogens with zero attached hydrogens (tertiary/aromatic N) is 1. The molecule has 2 bridgehead atoms. The van der Waals surface area contributed by atoms with Crippen LogP contribution in [0.25, 0.3) is 0 Å². The maximum atomic E-state index is 13.1. The standard InChI is InChI=1S/C27H30N2O7S/c1-13(24(32)28-16-7-10-37-22(16)25(33)34)20(31)23-27-8-9-29(12-14-3-4-14)18(26(27,2)35)11-15-5-6-17(30)21(36-23)19(15)27/h5-7,10,14,18,23,30-31,35H,3-4,8-9,11-12H2,1-2H3,(H,28,32)(H,33,34)/b20-13-/t18-,23+,26-,27+/m1/s1. The highest BCUT2D eigenvalue weighted by atomic mass is 32.1. The van der Waals surface area contributed by atoms with Crippen LogP contribution in [0.1, 0.15) is 53.9 Å². The molecule has 2 aliphatic carbocycles. The largest absolute Gasteiger partial charge is 0.508 e. The van der Waals surface area contributed by atoms with Gasteiger partial charge in [-0.25, -0.2) is 4.79 Å². The van der Waals surface area contributed by atoms with E-state index in [2.05, 4.69) is 10.2 Å². The highest BCUT2D eigenvalue weighted by Crippen LogP contribution is 2.63. The number of ether oxygens (including phenoxy) is 1. The molecule has 5 N–H and O–H groups in total. The van der Waals surface area contributed by atoms with Crippen molar-refractivity contribution in [1.29, 1.82) is 0 Å². The van der Waals surface area contributed by atoms with Crippen LogP contribution in [0.15, 0.2) is 34.9 Å². The van der Waals surface area contributed by atoms with Crippen molar-refractivity contribution < 1.29 is 34.8 Å². The topological polar surface area (TPSA) is 140 Å². The Hall–Kier alpha value is -3.08. The van der Waals surface area contributed by atoms with Crippen molar-refractivity contribution in [3.05, 3.63) is 50.9 Å². The van der Waals surface area contributed by atoms with Crippen molar-refractivity contribution in [1.82, 2.24) is 4.90 Å². The summed E-state index contributed by atoms with van der Waals surface area (Å²) in [6.45, 7) is 4.83. The van der Waals surface area contributed by atoms with Gasteiger partial charge in [0.15, 0.2) is 17.6 Å². The summed E-state index contributed by atoms with van der Waals surface area (Å²) in [5.74, 6) is -1.36. The second-order valence-corrected chi connectivity index (χ2v) is 11.8. The highest BCUT2D eigenvalue weighted by Gasteiger charge is 2.69. The number of aliphatic hydroxyl groups excluding tert-OH is 1. The molecule has 4 atom stereocenters. The van der Waals surface area contributed by atoms with Crippen molar-refractivity contribution in [3.8, 4) is 11.5 Å². The molecule has 10 heteroatoms. The van der Waals surface area contributed by atoms with E-state index in [1.807, 2.05) is 6.07 Å². The number of carbonyl (C=O) groups excluding carboxylic acids is 1. The predicted molar refractivity (Wildman–Crippen MR) is 136 cm³/mol. The number of phenolic OH excluding ortho intramolecular Hbond substituents is 1. The molecule has 9 nitrogen and oxygen atoms in total. The molecule has 196 valence electrons. The Morgan fingerprint density at radius 2 is 2.00 bits per heavy atom. The van der Waals surface area contributed by atoms with E-state index >= 15 is 0 Å². The van der Waals surface area contributed by atoms with Crippen molar-refractivity contribution in [2.45, 2.75) is 62.7 Å². The molecule has 3 heterocycles. The third kappa shape index (κ3) is 3.42. The van der Waals surface area contributed by atoms with Gasteiger partial charge in [-0.05, 0) is 75.1 Å². The number of hydrogen-bond donors (Lipinski definition) is 5. The number of aromatic carboxylic acids is 1. The molecule has 6 rings (SSSR count). The summed E-state index contributed by atoms with van der Waals surface area (Å²) in [7, 11) is 0. The fourth-order valence-electron chi connectivity index (χ4n) is 6.68. The number of nitrogens with one attached hydrogen (secondary N) is 1. The van der Waals surface area contributed by atoms with E-state index < -0.39 is 29.0 Å². The molecule has 1 aromatic carbocycles. The monoisotopic (exact) mass is 526 g/mol. The fraction of sp³-hybridized carbons (Fsp3) is 0.481. The summed E-state index contributed by atoms with van der Waals surface area (Å²) in [5.41, 5.74) is -0.622. The second kappa shape index (κ2) is 8.21. The number of carboxylic acids is 1. The van der Waals surface area contributed by atoms with Gasteiger partial charge in [0.05, 0.1) is 22.3 Å². The van der Waals surface area contributed by atoms with Crippen LogP contribution in [0.5, 0.6) is 11.5 Å². The lowest BCUT2D eigenvalue weighted by Gasteiger charge is -2.59. The number of piperidine rings is 1. The van der Waals surface area contributed by atoms with Crippen LogP contribution in [-0.4, -0.2) is 68.0 Å². The van der Waals surface area contributed by atoms with Crippen LogP contribution in [0.2, 0.25) is 0 Å². The summed E-state index contributed by atoms with van der Waals surface area (Å²) in [5, 5.41) is 47.9. The number of rotatable bonds is 6. The number of carboxylic acid groups (broad SMARTS) is 1. The molecule has 37 heavy (non-hydrogen) atoms. The zero-order chi connectivity index (χ0) is 26.3. The minimum Gasteiger partial charge on any atom is -0.508 e. The van der Waals surface area contributed by atoms with Crippen LogP contribution >= 0.6 is 11.3 Å². The van der Waals surface area contributed by atoms with Gasteiger partial charge in [-0.15, -0.1) is 11.3 Å². The number of aliphatic hydroxyl groups is 2. The first-order chi connectivity index (χ1) is 17.6. The number of phenols is 1. The van der Waals surface area contributed by atoms with E-state index in [9.17, 15) is 30.0 Å². The second-order valence-electron chi connectivity index (χ2n) is 10.9. The molecule has 2 aliphatic heterocycles. The highest BCUT2D eigenvalue weighted by molar-refractivity contribution is 7.12. The average molecular weight is 527 g/mol. The lowest BCUT2D eigenvalue weighted by molar-refractivity contribution is -0.153. The van der Waals surface area contributed by atoms with Crippen LogP contribution in [-0.2, 0) is 16.6 Å². The number of anilines is 1.